The summed E-state index contributed by atoms with van der Waals surface area (Å²) in [6.45, 7) is 12.2. The summed E-state index contributed by atoms with van der Waals surface area (Å²) >= 11 is 0. The third kappa shape index (κ3) is 3.15. The smallest absolute Gasteiger partial charge is 0.123 e. The van der Waals surface area contributed by atoms with Gasteiger partial charge in [0.15, 0.2) is 0 Å². The van der Waals surface area contributed by atoms with E-state index in [0.717, 1.165) is 31.8 Å². The lowest BCUT2D eigenvalue weighted by atomic mass is 9.88. The predicted molar refractivity (Wildman–Crippen MR) is 84.2 cm³/mol. The molecule has 1 saturated heterocycles. The van der Waals surface area contributed by atoms with E-state index in [1.165, 1.54) is 5.56 Å². The van der Waals surface area contributed by atoms with Gasteiger partial charge in [0.2, 0.25) is 0 Å². The third-order valence-electron chi connectivity index (χ3n) is 4.68. The second-order valence-electron chi connectivity index (χ2n) is 6.75. The Hall–Kier alpha value is -1.06. The van der Waals surface area contributed by atoms with Crippen molar-refractivity contribution in [1.82, 2.24) is 10.2 Å². The SMILES string of the molecule is CCC1(C)CN(Cc2ccccc2OC)C(C)(C)CN1. The van der Waals surface area contributed by atoms with Crippen molar-refractivity contribution in [1.29, 1.82) is 0 Å². The van der Waals surface area contributed by atoms with Crippen molar-refractivity contribution < 1.29 is 4.74 Å². The average molecular weight is 276 g/mol. The van der Waals surface area contributed by atoms with Crippen molar-refractivity contribution in [3.8, 4) is 5.75 Å². The highest BCUT2D eigenvalue weighted by Gasteiger charge is 2.39. The monoisotopic (exact) mass is 276 g/mol. The van der Waals surface area contributed by atoms with Crippen LogP contribution in [0, 0.1) is 0 Å². The van der Waals surface area contributed by atoms with Gasteiger partial charge in [-0.1, -0.05) is 25.1 Å². The Morgan fingerprint density at radius 3 is 2.60 bits per heavy atom. The average Bonchev–Trinajstić information content (AvgIpc) is 2.44. The van der Waals surface area contributed by atoms with E-state index < -0.39 is 0 Å². The summed E-state index contributed by atoms with van der Waals surface area (Å²) in [7, 11) is 1.75. The van der Waals surface area contributed by atoms with Gasteiger partial charge in [-0.15, -0.1) is 0 Å². The van der Waals surface area contributed by atoms with Gasteiger partial charge in [0.05, 0.1) is 7.11 Å². The topological polar surface area (TPSA) is 24.5 Å². The normalized spacial score (nSPS) is 26.4. The molecule has 0 amide bonds. The Balaban J connectivity index is 2.20. The molecule has 1 heterocycles. The maximum absolute atomic E-state index is 5.49. The molecule has 2 rings (SSSR count). The maximum atomic E-state index is 5.49. The molecule has 3 heteroatoms. The van der Waals surface area contributed by atoms with Crippen molar-refractivity contribution in [3.63, 3.8) is 0 Å². The van der Waals surface area contributed by atoms with Gasteiger partial charge < -0.3 is 10.1 Å². The zero-order chi connectivity index (χ0) is 14.8. The van der Waals surface area contributed by atoms with E-state index in [0.29, 0.717) is 0 Å². The molecular weight excluding hydrogens is 248 g/mol. The van der Waals surface area contributed by atoms with Crippen LogP contribution in [0.25, 0.3) is 0 Å². The van der Waals surface area contributed by atoms with Gasteiger partial charge in [-0.25, -0.2) is 0 Å². The highest BCUT2D eigenvalue weighted by Crippen LogP contribution is 2.29. The van der Waals surface area contributed by atoms with Crippen molar-refractivity contribution in [2.24, 2.45) is 0 Å². The number of piperazine rings is 1. The lowest BCUT2D eigenvalue weighted by Crippen LogP contribution is -2.66. The molecule has 1 fully saturated rings. The van der Waals surface area contributed by atoms with Crippen LogP contribution in [0.2, 0.25) is 0 Å². The van der Waals surface area contributed by atoms with Gasteiger partial charge in [-0.05, 0) is 33.3 Å². The summed E-state index contributed by atoms with van der Waals surface area (Å²) in [5.41, 5.74) is 1.64. The molecule has 1 aromatic carbocycles. The van der Waals surface area contributed by atoms with Gasteiger partial charge in [0, 0.05) is 36.3 Å². The van der Waals surface area contributed by atoms with E-state index in [1.807, 2.05) is 12.1 Å². The number of hydrogen-bond donors (Lipinski definition) is 1. The molecule has 0 bridgehead atoms. The van der Waals surface area contributed by atoms with E-state index in [9.17, 15) is 0 Å². The number of nitrogens with one attached hydrogen (secondary N) is 1. The third-order valence-corrected chi connectivity index (χ3v) is 4.68. The van der Waals surface area contributed by atoms with Crippen LogP contribution >= 0.6 is 0 Å². The number of methoxy groups -OCH3 is 1. The summed E-state index contributed by atoms with van der Waals surface area (Å²) in [5.74, 6) is 0.986. The summed E-state index contributed by atoms with van der Waals surface area (Å²) in [6.07, 6.45) is 1.14. The molecule has 1 N–H and O–H groups in total. The van der Waals surface area contributed by atoms with Crippen LogP contribution < -0.4 is 10.1 Å². The van der Waals surface area contributed by atoms with E-state index in [-0.39, 0.29) is 11.1 Å². The van der Waals surface area contributed by atoms with Crippen LogP contribution in [0.3, 0.4) is 0 Å². The molecule has 0 saturated carbocycles. The molecular formula is C17H28N2O. The molecule has 20 heavy (non-hydrogen) atoms. The minimum absolute atomic E-state index is 0.162. The Morgan fingerprint density at radius 1 is 1.25 bits per heavy atom. The quantitative estimate of drug-likeness (QED) is 0.915. The number of hydrogen-bond acceptors (Lipinski definition) is 3. The van der Waals surface area contributed by atoms with Gasteiger partial charge in [-0.3, -0.25) is 4.90 Å². The maximum Gasteiger partial charge on any atom is 0.123 e. The van der Waals surface area contributed by atoms with Gasteiger partial charge in [0.1, 0.15) is 5.75 Å². The van der Waals surface area contributed by atoms with Crippen molar-refractivity contribution in [3.05, 3.63) is 29.8 Å². The number of ether oxygens (including phenoxy) is 1. The lowest BCUT2D eigenvalue weighted by molar-refractivity contribution is 0.0241. The summed E-state index contributed by atoms with van der Waals surface area (Å²) in [4.78, 5) is 2.57. The molecule has 0 aliphatic carbocycles. The zero-order valence-electron chi connectivity index (χ0n) is 13.5. The fraction of sp³-hybridized carbons (Fsp3) is 0.647. The van der Waals surface area contributed by atoms with Gasteiger partial charge in [-0.2, -0.15) is 0 Å². The van der Waals surface area contributed by atoms with Crippen LogP contribution in [0.15, 0.2) is 24.3 Å². The van der Waals surface area contributed by atoms with Crippen molar-refractivity contribution in [2.75, 3.05) is 20.2 Å². The molecule has 0 spiro atoms. The second kappa shape index (κ2) is 5.74. The van der Waals surface area contributed by atoms with Gasteiger partial charge in [0.25, 0.3) is 0 Å². The fourth-order valence-corrected chi connectivity index (χ4v) is 2.78. The minimum Gasteiger partial charge on any atom is -0.496 e. The van der Waals surface area contributed by atoms with Crippen LogP contribution in [-0.2, 0) is 6.54 Å². The Labute approximate surface area is 123 Å². The largest absolute Gasteiger partial charge is 0.496 e. The molecule has 1 unspecified atom stereocenters. The van der Waals surface area contributed by atoms with E-state index in [2.05, 4.69) is 50.0 Å². The summed E-state index contributed by atoms with van der Waals surface area (Å²) in [6, 6.07) is 8.33. The molecule has 1 aliphatic heterocycles. The highest BCUT2D eigenvalue weighted by molar-refractivity contribution is 5.33. The van der Waals surface area contributed by atoms with E-state index >= 15 is 0 Å². The number of benzene rings is 1. The Kier molecular flexibility index (Phi) is 4.40. The van der Waals surface area contributed by atoms with E-state index in [1.54, 1.807) is 7.11 Å². The molecule has 1 aliphatic rings. The molecule has 0 radical (unpaired) electrons. The molecule has 112 valence electrons. The number of rotatable bonds is 4. The first kappa shape index (κ1) is 15.3. The zero-order valence-corrected chi connectivity index (χ0v) is 13.5. The van der Waals surface area contributed by atoms with Crippen molar-refractivity contribution in [2.45, 2.75) is 51.7 Å². The van der Waals surface area contributed by atoms with E-state index in [4.69, 9.17) is 4.74 Å². The van der Waals surface area contributed by atoms with Crippen LogP contribution in [0.4, 0.5) is 0 Å². The minimum atomic E-state index is 0.162. The van der Waals surface area contributed by atoms with Crippen LogP contribution in [-0.4, -0.2) is 36.2 Å². The Bertz CT molecular complexity index is 458. The lowest BCUT2D eigenvalue weighted by Gasteiger charge is -2.51. The summed E-state index contributed by atoms with van der Waals surface area (Å²) in [5, 5.41) is 3.71. The van der Waals surface area contributed by atoms with Crippen molar-refractivity contribution >= 4 is 0 Å². The second-order valence-corrected chi connectivity index (χ2v) is 6.75. The standard InChI is InChI=1S/C17H28N2O/c1-6-17(4)13-19(16(2,3)12-18-17)11-14-9-7-8-10-15(14)20-5/h7-10,18H,6,11-13H2,1-5H3. The molecule has 0 aromatic heterocycles. The van der Waals surface area contributed by atoms with Crippen LogP contribution in [0.1, 0.15) is 39.7 Å². The first-order valence-corrected chi connectivity index (χ1v) is 7.52. The molecule has 3 nitrogen and oxygen atoms in total. The first-order chi connectivity index (χ1) is 9.40. The predicted octanol–water partition coefficient (Wildman–Crippen LogP) is 3.05. The highest BCUT2D eigenvalue weighted by atomic mass is 16.5. The fourth-order valence-electron chi connectivity index (χ4n) is 2.78. The summed E-state index contributed by atoms with van der Waals surface area (Å²) < 4.78 is 5.49. The van der Waals surface area contributed by atoms with Crippen LogP contribution in [0.5, 0.6) is 5.75 Å². The number of nitrogens with zero attached hydrogens (tertiary/aromatic N) is 1. The number of para-hydroxylation sites is 1. The Morgan fingerprint density at radius 2 is 1.95 bits per heavy atom. The van der Waals surface area contributed by atoms with Gasteiger partial charge >= 0.3 is 0 Å². The first-order valence-electron chi connectivity index (χ1n) is 7.52. The molecule has 1 aromatic rings. The molecule has 1 atom stereocenters.